The van der Waals surface area contributed by atoms with Crippen LogP contribution < -0.4 is 10.0 Å². The standard InChI is InChI=1S/C16H24Cl2N2O4S2/c1-3-24-9-4-8-19-16(21)14(7-10-25-2)20-26(22,23)15-11-12(17)5-6-13(15)18/h5-6,11,14,20H,3-4,7-10H2,1-2H3,(H,19,21). The molecule has 0 aliphatic rings. The van der Waals surface area contributed by atoms with Crippen LogP contribution >= 0.6 is 35.0 Å². The second kappa shape index (κ2) is 12.0. The Balaban J connectivity index is 2.81. The molecule has 26 heavy (non-hydrogen) atoms. The van der Waals surface area contributed by atoms with Crippen molar-refractivity contribution in [2.75, 3.05) is 31.8 Å². The van der Waals surface area contributed by atoms with Gasteiger partial charge in [-0.05, 0) is 50.0 Å². The van der Waals surface area contributed by atoms with Crippen LogP contribution in [-0.4, -0.2) is 52.1 Å². The van der Waals surface area contributed by atoms with Crippen molar-refractivity contribution in [1.82, 2.24) is 10.0 Å². The zero-order valence-electron chi connectivity index (χ0n) is 14.8. The van der Waals surface area contributed by atoms with Crippen LogP contribution in [-0.2, 0) is 19.6 Å². The maximum absolute atomic E-state index is 12.6. The molecule has 1 rings (SSSR count). The van der Waals surface area contributed by atoms with Crippen LogP contribution in [0.15, 0.2) is 23.1 Å². The van der Waals surface area contributed by atoms with E-state index in [1.165, 1.54) is 30.0 Å². The number of amides is 1. The zero-order valence-corrected chi connectivity index (χ0v) is 17.9. The van der Waals surface area contributed by atoms with Crippen LogP contribution in [0.1, 0.15) is 19.8 Å². The molecule has 0 saturated carbocycles. The fourth-order valence-corrected chi connectivity index (χ4v) is 4.53. The Morgan fingerprint density at radius 3 is 2.73 bits per heavy atom. The monoisotopic (exact) mass is 442 g/mol. The topological polar surface area (TPSA) is 84.5 Å². The molecule has 0 spiro atoms. The van der Waals surface area contributed by atoms with Gasteiger partial charge in [-0.2, -0.15) is 16.5 Å². The van der Waals surface area contributed by atoms with Gasteiger partial charge in [-0.1, -0.05) is 23.2 Å². The van der Waals surface area contributed by atoms with Crippen molar-refractivity contribution < 1.29 is 17.9 Å². The van der Waals surface area contributed by atoms with Gasteiger partial charge in [-0.15, -0.1) is 0 Å². The molecule has 0 saturated heterocycles. The van der Waals surface area contributed by atoms with E-state index in [9.17, 15) is 13.2 Å². The molecule has 2 N–H and O–H groups in total. The average Bonchev–Trinajstić information content (AvgIpc) is 2.60. The van der Waals surface area contributed by atoms with Gasteiger partial charge in [0.1, 0.15) is 10.9 Å². The van der Waals surface area contributed by atoms with Crippen LogP contribution in [0.5, 0.6) is 0 Å². The molecule has 6 nitrogen and oxygen atoms in total. The fraction of sp³-hybridized carbons (Fsp3) is 0.562. The fourth-order valence-electron chi connectivity index (χ4n) is 2.07. The number of benzene rings is 1. The molecule has 0 fully saturated rings. The number of hydrogen-bond acceptors (Lipinski definition) is 5. The Bertz CT molecular complexity index is 687. The molecular formula is C16H24Cl2N2O4S2. The van der Waals surface area contributed by atoms with Gasteiger partial charge in [0.25, 0.3) is 0 Å². The minimum Gasteiger partial charge on any atom is -0.382 e. The van der Waals surface area contributed by atoms with Crippen LogP contribution in [0, 0.1) is 0 Å². The van der Waals surface area contributed by atoms with E-state index < -0.39 is 16.1 Å². The normalized spacial score (nSPS) is 12.8. The summed E-state index contributed by atoms with van der Waals surface area (Å²) < 4.78 is 32.9. The number of carbonyl (C=O) groups excluding carboxylic acids is 1. The Labute approximate surface area is 169 Å². The summed E-state index contributed by atoms with van der Waals surface area (Å²) >= 11 is 13.4. The van der Waals surface area contributed by atoms with Gasteiger partial charge in [0.15, 0.2) is 0 Å². The predicted octanol–water partition coefficient (Wildman–Crippen LogP) is 2.94. The first-order chi connectivity index (χ1) is 12.3. The number of sulfonamides is 1. The average molecular weight is 443 g/mol. The second-order valence-electron chi connectivity index (χ2n) is 5.37. The van der Waals surface area contributed by atoms with Crippen molar-refractivity contribution in [1.29, 1.82) is 0 Å². The van der Waals surface area contributed by atoms with Gasteiger partial charge in [0, 0.05) is 24.8 Å². The molecular weight excluding hydrogens is 419 g/mol. The molecule has 0 aliphatic carbocycles. The van der Waals surface area contributed by atoms with Crippen molar-refractivity contribution in [3.63, 3.8) is 0 Å². The van der Waals surface area contributed by atoms with Gasteiger partial charge in [-0.3, -0.25) is 4.79 Å². The predicted molar refractivity (Wildman–Crippen MR) is 108 cm³/mol. The Hall–Kier alpha value is -0.510. The van der Waals surface area contributed by atoms with E-state index in [0.717, 1.165) is 0 Å². The Morgan fingerprint density at radius 1 is 1.35 bits per heavy atom. The number of carbonyl (C=O) groups is 1. The maximum Gasteiger partial charge on any atom is 0.242 e. The number of ether oxygens (including phenoxy) is 1. The van der Waals surface area contributed by atoms with E-state index >= 15 is 0 Å². The molecule has 148 valence electrons. The first-order valence-corrected chi connectivity index (χ1v) is 11.8. The first kappa shape index (κ1) is 23.5. The Morgan fingerprint density at radius 2 is 2.08 bits per heavy atom. The summed E-state index contributed by atoms with van der Waals surface area (Å²) in [6.45, 7) is 3.46. The highest BCUT2D eigenvalue weighted by molar-refractivity contribution is 7.98. The number of halogens is 2. The summed E-state index contributed by atoms with van der Waals surface area (Å²) in [6.07, 6.45) is 2.90. The molecule has 1 aromatic rings. The molecule has 1 unspecified atom stereocenters. The molecule has 0 radical (unpaired) electrons. The van der Waals surface area contributed by atoms with Gasteiger partial charge >= 0.3 is 0 Å². The minimum absolute atomic E-state index is 0.0441. The summed E-state index contributed by atoms with van der Waals surface area (Å²) in [7, 11) is -3.99. The van der Waals surface area contributed by atoms with Gasteiger partial charge in [0.05, 0.1) is 5.02 Å². The zero-order chi connectivity index (χ0) is 19.6. The summed E-state index contributed by atoms with van der Waals surface area (Å²) in [5.41, 5.74) is 0. The molecule has 10 heteroatoms. The highest BCUT2D eigenvalue weighted by atomic mass is 35.5. The molecule has 1 aromatic carbocycles. The summed E-state index contributed by atoms with van der Waals surface area (Å²) in [5.74, 6) is 0.250. The van der Waals surface area contributed by atoms with Crippen molar-refractivity contribution in [2.24, 2.45) is 0 Å². The van der Waals surface area contributed by atoms with Crippen LogP contribution in [0.3, 0.4) is 0 Å². The molecule has 1 amide bonds. The number of hydrogen-bond donors (Lipinski definition) is 2. The highest BCUT2D eigenvalue weighted by Crippen LogP contribution is 2.25. The number of thioether (sulfide) groups is 1. The lowest BCUT2D eigenvalue weighted by atomic mass is 10.2. The third kappa shape index (κ3) is 8.02. The maximum atomic E-state index is 12.6. The third-order valence-corrected chi connectivity index (χ3v) is 6.21. The van der Waals surface area contributed by atoms with E-state index in [0.29, 0.717) is 38.4 Å². The van der Waals surface area contributed by atoms with E-state index in [1.807, 2.05) is 13.2 Å². The molecule has 0 aromatic heterocycles. The van der Waals surface area contributed by atoms with Crippen molar-refractivity contribution in [2.45, 2.75) is 30.7 Å². The molecule has 0 bridgehead atoms. The van der Waals surface area contributed by atoms with Crippen molar-refractivity contribution >= 4 is 50.9 Å². The van der Waals surface area contributed by atoms with E-state index in [2.05, 4.69) is 10.0 Å². The van der Waals surface area contributed by atoms with Crippen LogP contribution in [0.4, 0.5) is 0 Å². The lowest BCUT2D eigenvalue weighted by molar-refractivity contribution is -0.122. The number of rotatable bonds is 12. The van der Waals surface area contributed by atoms with E-state index in [1.54, 1.807) is 0 Å². The summed E-state index contributed by atoms with van der Waals surface area (Å²) in [6, 6.07) is 3.27. The van der Waals surface area contributed by atoms with Crippen molar-refractivity contribution in [3.8, 4) is 0 Å². The minimum atomic E-state index is -3.99. The molecule has 1 atom stereocenters. The quantitative estimate of drug-likeness (QED) is 0.486. The largest absolute Gasteiger partial charge is 0.382 e. The van der Waals surface area contributed by atoms with Gasteiger partial charge < -0.3 is 10.1 Å². The smallest absolute Gasteiger partial charge is 0.242 e. The first-order valence-electron chi connectivity index (χ1n) is 8.13. The SMILES string of the molecule is CCOCCCNC(=O)C(CCSC)NS(=O)(=O)c1cc(Cl)ccc1Cl. The third-order valence-electron chi connectivity index (χ3n) is 3.38. The second-order valence-corrected chi connectivity index (χ2v) is 8.88. The summed E-state index contributed by atoms with van der Waals surface area (Å²) in [5, 5.41) is 3.03. The number of nitrogens with one attached hydrogen (secondary N) is 2. The molecule has 0 aliphatic heterocycles. The molecule has 0 heterocycles. The lowest BCUT2D eigenvalue weighted by Crippen LogP contribution is -2.47. The van der Waals surface area contributed by atoms with Crippen molar-refractivity contribution in [3.05, 3.63) is 28.2 Å². The highest BCUT2D eigenvalue weighted by Gasteiger charge is 2.27. The van der Waals surface area contributed by atoms with Gasteiger partial charge in [-0.25, -0.2) is 8.42 Å². The van der Waals surface area contributed by atoms with Gasteiger partial charge in [0.2, 0.25) is 15.9 Å². The van der Waals surface area contributed by atoms with Crippen LogP contribution in [0.25, 0.3) is 0 Å². The summed E-state index contributed by atoms with van der Waals surface area (Å²) in [4.78, 5) is 12.2. The Kier molecular flexibility index (Phi) is 10.9. The lowest BCUT2D eigenvalue weighted by Gasteiger charge is -2.19. The van der Waals surface area contributed by atoms with Crippen LogP contribution in [0.2, 0.25) is 10.0 Å². The van der Waals surface area contributed by atoms with E-state index in [-0.39, 0.29) is 20.8 Å². The van der Waals surface area contributed by atoms with E-state index in [4.69, 9.17) is 27.9 Å².